The van der Waals surface area contributed by atoms with Gasteiger partial charge in [-0.25, -0.2) is 0 Å². The van der Waals surface area contributed by atoms with Gasteiger partial charge in [0.25, 0.3) is 0 Å². The number of thiophene rings is 1. The highest BCUT2D eigenvalue weighted by atomic mass is 127. The molecule has 5 heteroatoms. The van der Waals surface area contributed by atoms with Crippen molar-refractivity contribution in [3.63, 3.8) is 0 Å². The number of hydrogen-bond acceptors (Lipinski definition) is 4. The summed E-state index contributed by atoms with van der Waals surface area (Å²) in [6, 6.07) is 2.78. The van der Waals surface area contributed by atoms with Crippen LogP contribution < -0.4 is 5.32 Å². The van der Waals surface area contributed by atoms with Crippen molar-refractivity contribution in [3.8, 4) is 0 Å². The van der Waals surface area contributed by atoms with E-state index in [1.54, 1.807) is 0 Å². The number of nitrogens with one attached hydrogen (secondary N) is 1. The van der Waals surface area contributed by atoms with E-state index in [4.69, 9.17) is 0 Å². The summed E-state index contributed by atoms with van der Waals surface area (Å²) >= 11 is 4.31. The van der Waals surface area contributed by atoms with Crippen LogP contribution in [0.4, 0.5) is 0 Å². The average Bonchev–Trinajstić information content (AvgIpc) is 2.75. The summed E-state index contributed by atoms with van der Waals surface area (Å²) in [4.78, 5) is 12.6. The molecular weight excluding hydrogens is 361 g/mol. The summed E-state index contributed by atoms with van der Waals surface area (Å²) in [7, 11) is 1.44. The first kappa shape index (κ1) is 14.3. The summed E-state index contributed by atoms with van der Waals surface area (Å²) in [6.07, 6.45) is 5.05. The summed E-state index contributed by atoms with van der Waals surface area (Å²) in [5, 5.41) is 3.57. The third kappa shape index (κ3) is 3.68. The molecule has 1 aliphatic rings. The molecule has 1 aromatic rings. The van der Waals surface area contributed by atoms with Crippen LogP contribution in [0.5, 0.6) is 0 Å². The highest BCUT2D eigenvalue weighted by Gasteiger charge is 2.21. The molecule has 1 atom stereocenters. The van der Waals surface area contributed by atoms with Crippen LogP contribution in [0.15, 0.2) is 6.07 Å². The number of halogens is 1. The van der Waals surface area contributed by atoms with Crippen molar-refractivity contribution in [2.45, 2.75) is 38.1 Å². The molecule has 1 unspecified atom stereocenters. The number of esters is 1. The van der Waals surface area contributed by atoms with Gasteiger partial charge in [0.1, 0.15) is 0 Å². The number of hydrogen-bond donors (Lipinski definition) is 1. The minimum absolute atomic E-state index is 0.119. The Kier molecular flexibility index (Phi) is 5.44. The van der Waals surface area contributed by atoms with Crippen LogP contribution in [0.2, 0.25) is 0 Å². The quantitative estimate of drug-likeness (QED) is 0.485. The maximum Gasteiger partial charge on any atom is 0.305 e. The molecular formula is C13H18INO2S. The van der Waals surface area contributed by atoms with Gasteiger partial charge in [-0.15, -0.1) is 11.3 Å². The lowest BCUT2D eigenvalue weighted by Gasteiger charge is -2.23. The number of ether oxygens (including phenoxy) is 1. The Morgan fingerprint density at radius 3 is 3.28 bits per heavy atom. The van der Waals surface area contributed by atoms with Gasteiger partial charge >= 0.3 is 5.97 Å². The molecule has 1 heterocycles. The largest absolute Gasteiger partial charge is 0.469 e. The molecule has 2 rings (SSSR count). The van der Waals surface area contributed by atoms with E-state index < -0.39 is 0 Å². The minimum atomic E-state index is -0.119. The molecule has 0 spiro atoms. The maximum atomic E-state index is 11.0. The van der Waals surface area contributed by atoms with Crippen molar-refractivity contribution in [1.82, 2.24) is 5.32 Å². The zero-order chi connectivity index (χ0) is 13.0. The Balaban J connectivity index is 1.82. The van der Waals surface area contributed by atoms with Gasteiger partial charge < -0.3 is 10.1 Å². The Bertz CT molecular complexity index is 419. The molecule has 1 N–H and O–H groups in total. The van der Waals surface area contributed by atoms with Gasteiger partial charge in [0.2, 0.25) is 0 Å². The first-order chi connectivity index (χ1) is 8.70. The molecule has 1 aromatic heterocycles. The lowest BCUT2D eigenvalue weighted by molar-refractivity contribution is -0.140. The first-order valence-corrected chi connectivity index (χ1v) is 8.18. The fraction of sp³-hybridized carbons (Fsp3) is 0.615. The predicted molar refractivity (Wildman–Crippen MR) is 82.0 cm³/mol. The number of aryl methyl sites for hydroxylation is 1. The van der Waals surface area contributed by atoms with E-state index in [0.717, 1.165) is 13.0 Å². The molecule has 0 aliphatic heterocycles. The van der Waals surface area contributed by atoms with Crippen molar-refractivity contribution in [3.05, 3.63) is 19.4 Å². The van der Waals surface area contributed by atoms with Crippen LogP contribution in [0.1, 0.15) is 42.2 Å². The Morgan fingerprint density at radius 2 is 2.50 bits per heavy atom. The monoisotopic (exact) mass is 379 g/mol. The Hall–Kier alpha value is -0.140. The van der Waals surface area contributed by atoms with E-state index >= 15 is 0 Å². The summed E-state index contributed by atoms with van der Waals surface area (Å²) in [5.74, 6) is -0.119. The SMILES string of the molecule is COC(=O)CCCNC1CCCc2sc(I)cc21. The van der Waals surface area contributed by atoms with E-state index in [-0.39, 0.29) is 5.97 Å². The van der Waals surface area contributed by atoms with E-state index in [9.17, 15) is 4.79 Å². The molecule has 0 fully saturated rings. The molecule has 18 heavy (non-hydrogen) atoms. The lowest BCUT2D eigenvalue weighted by atomic mass is 9.94. The third-order valence-corrected chi connectivity index (χ3v) is 5.23. The van der Waals surface area contributed by atoms with Gasteiger partial charge in [-0.2, -0.15) is 0 Å². The van der Waals surface area contributed by atoms with Gasteiger partial charge in [-0.05, 0) is 66.4 Å². The van der Waals surface area contributed by atoms with Crippen molar-refractivity contribution in [1.29, 1.82) is 0 Å². The molecule has 100 valence electrons. The lowest BCUT2D eigenvalue weighted by Crippen LogP contribution is -2.25. The molecule has 0 amide bonds. The van der Waals surface area contributed by atoms with Crippen molar-refractivity contribution in [2.75, 3.05) is 13.7 Å². The van der Waals surface area contributed by atoms with Gasteiger partial charge in [0.05, 0.1) is 9.99 Å². The van der Waals surface area contributed by atoms with Crippen LogP contribution in [0, 0.1) is 2.88 Å². The third-order valence-electron chi connectivity index (χ3n) is 3.26. The highest BCUT2D eigenvalue weighted by Crippen LogP contribution is 2.36. The number of carbonyl (C=O) groups is 1. The summed E-state index contributed by atoms with van der Waals surface area (Å²) in [6.45, 7) is 0.881. The maximum absolute atomic E-state index is 11.0. The second kappa shape index (κ2) is 6.86. The van der Waals surface area contributed by atoms with Gasteiger partial charge in [0.15, 0.2) is 0 Å². The average molecular weight is 379 g/mol. The number of methoxy groups -OCH3 is 1. The van der Waals surface area contributed by atoms with Crippen molar-refractivity contribution in [2.24, 2.45) is 0 Å². The van der Waals surface area contributed by atoms with Crippen LogP contribution in [-0.4, -0.2) is 19.6 Å². The first-order valence-electron chi connectivity index (χ1n) is 6.29. The fourth-order valence-corrected chi connectivity index (χ4v) is 4.46. The number of fused-ring (bicyclic) bond motifs is 1. The molecule has 0 saturated heterocycles. The predicted octanol–water partition coefficient (Wildman–Crippen LogP) is 3.27. The van der Waals surface area contributed by atoms with Crippen LogP contribution >= 0.6 is 33.9 Å². The molecule has 0 radical (unpaired) electrons. The Morgan fingerprint density at radius 1 is 1.67 bits per heavy atom. The zero-order valence-corrected chi connectivity index (χ0v) is 13.5. The second-order valence-corrected chi connectivity index (χ2v) is 7.54. The van der Waals surface area contributed by atoms with Gasteiger partial charge in [-0.1, -0.05) is 0 Å². The fourth-order valence-electron chi connectivity index (χ4n) is 2.34. The van der Waals surface area contributed by atoms with E-state index in [1.807, 2.05) is 11.3 Å². The molecule has 1 aliphatic carbocycles. The molecule has 3 nitrogen and oxygen atoms in total. The molecule has 0 bridgehead atoms. The van der Waals surface area contributed by atoms with Crippen LogP contribution in [0.25, 0.3) is 0 Å². The smallest absolute Gasteiger partial charge is 0.305 e. The molecule has 0 aromatic carbocycles. The standard InChI is InChI=1S/C13H18INO2S/c1-17-13(16)6-3-7-15-10-4-2-5-11-9(10)8-12(14)18-11/h8,10,15H,2-7H2,1H3. The minimum Gasteiger partial charge on any atom is -0.469 e. The second-order valence-electron chi connectivity index (χ2n) is 4.51. The summed E-state index contributed by atoms with van der Waals surface area (Å²) < 4.78 is 6.01. The van der Waals surface area contributed by atoms with Crippen LogP contribution in [-0.2, 0) is 16.0 Å². The van der Waals surface area contributed by atoms with Crippen molar-refractivity contribution >= 4 is 39.9 Å². The molecule has 0 saturated carbocycles. The van der Waals surface area contributed by atoms with Crippen molar-refractivity contribution < 1.29 is 9.53 Å². The van der Waals surface area contributed by atoms with E-state index in [1.165, 1.54) is 39.7 Å². The number of carbonyl (C=O) groups excluding carboxylic acids is 1. The number of rotatable bonds is 5. The van der Waals surface area contributed by atoms with E-state index in [0.29, 0.717) is 12.5 Å². The summed E-state index contributed by atoms with van der Waals surface area (Å²) in [5.41, 5.74) is 1.48. The van der Waals surface area contributed by atoms with Crippen LogP contribution in [0.3, 0.4) is 0 Å². The van der Waals surface area contributed by atoms with Gasteiger partial charge in [-0.3, -0.25) is 4.79 Å². The zero-order valence-electron chi connectivity index (χ0n) is 10.5. The Labute approximate surface area is 125 Å². The normalized spacial score (nSPS) is 18.4. The van der Waals surface area contributed by atoms with E-state index in [2.05, 4.69) is 38.7 Å². The van der Waals surface area contributed by atoms with Gasteiger partial charge in [0, 0.05) is 17.3 Å². The topological polar surface area (TPSA) is 38.3 Å². The highest BCUT2D eigenvalue weighted by molar-refractivity contribution is 14.1.